The van der Waals surface area contributed by atoms with E-state index in [2.05, 4.69) is 4.98 Å². The number of carbonyl (C=O) groups excluding carboxylic acids is 1. The first-order valence-electron chi connectivity index (χ1n) is 5.71. The smallest absolute Gasteiger partial charge is 0.225 e. The van der Waals surface area contributed by atoms with Crippen molar-refractivity contribution in [2.75, 3.05) is 0 Å². The summed E-state index contributed by atoms with van der Waals surface area (Å²) in [7, 11) is 0. The van der Waals surface area contributed by atoms with E-state index in [0.717, 1.165) is 11.1 Å². The predicted octanol–water partition coefficient (Wildman–Crippen LogP) is 3.20. The Morgan fingerprint density at radius 1 is 1.16 bits per heavy atom. The van der Waals surface area contributed by atoms with Crippen molar-refractivity contribution in [3.8, 4) is 0 Å². The maximum Gasteiger partial charge on any atom is 0.225 e. The number of pyridine rings is 1. The Morgan fingerprint density at radius 3 is 2.42 bits per heavy atom. The largest absolute Gasteiger partial charge is 0.369 e. The number of nitrogens with zero attached hydrogens (tertiary/aromatic N) is 1. The third-order valence-corrected chi connectivity index (χ3v) is 3.61. The van der Waals surface area contributed by atoms with Gasteiger partial charge in [-0.1, -0.05) is 29.3 Å². The maximum absolute atomic E-state index is 11.6. The van der Waals surface area contributed by atoms with Crippen molar-refractivity contribution < 1.29 is 4.79 Å². The zero-order valence-electron chi connectivity index (χ0n) is 10.0. The van der Waals surface area contributed by atoms with E-state index in [1.165, 1.54) is 0 Å². The summed E-state index contributed by atoms with van der Waals surface area (Å²) in [6.07, 6.45) is 3.76. The fourth-order valence-corrected chi connectivity index (χ4v) is 2.20. The highest BCUT2D eigenvalue weighted by molar-refractivity contribution is 6.42. The van der Waals surface area contributed by atoms with Gasteiger partial charge in [0, 0.05) is 12.4 Å². The highest BCUT2D eigenvalue weighted by atomic mass is 35.5. The molecule has 0 aliphatic heterocycles. The predicted molar refractivity (Wildman–Crippen MR) is 76.3 cm³/mol. The third kappa shape index (κ3) is 3.46. The van der Waals surface area contributed by atoms with Gasteiger partial charge in [-0.25, -0.2) is 0 Å². The van der Waals surface area contributed by atoms with E-state index in [-0.39, 0.29) is 5.91 Å². The summed E-state index contributed by atoms with van der Waals surface area (Å²) < 4.78 is 0. The van der Waals surface area contributed by atoms with Crippen molar-refractivity contribution in [2.45, 2.75) is 12.3 Å². The molecule has 3 nitrogen and oxygen atoms in total. The molecule has 1 aromatic heterocycles. The molecule has 0 aliphatic rings. The second-order valence-corrected chi connectivity index (χ2v) is 5.00. The average molecular weight is 295 g/mol. The van der Waals surface area contributed by atoms with Gasteiger partial charge in [0.1, 0.15) is 0 Å². The van der Waals surface area contributed by atoms with Crippen LogP contribution in [-0.2, 0) is 11.2 Å². The van der Waals surface area contributed by atoms with Crippen molar-refractivity contribution in [2.24, 2.45) is 5.73 Å². The molecule has 0 spiro atoms. The van der Waals surface area contributed by atoms with Crippen LogP contribution in [0, 0.1) is 0 Å². The molecule has 2 aromatic rings. The molecule has 1 unspecified atom stereocenters. The maximum atomic E-state index is 11.6. The molecule has 1 atom stereocenters. The van der Waals surface area contributed by atoms with Gasteiger partial charge in [0.15, 0.2) is 0 Å². The number of rotatable bonds is 4. The van der Waals surface area contributed by atoms with Crippen LogP contribution in [-0.4, -0.2) is 10.9 Å². The number of hydrogen-bond acceptors (Lipinski definition) is 2. The fourth-order valence-electron chi connectivity index (χ4n) is 1.88. The summed E-state index contributed by atoms with van der Waals surface area (Å²) in [5.74, 6) is -0.780. The first-order chi connectivity index (χ1) is 9.08. The van der Waals surface area contributed by atoms with E-state index in [1.54, 1.807) is 36.7 Å². The van der Waals surface area contributed by atoms with E-state index in [0.29, 0.717) is 16.5 Å². The monoisotopic (exact) mass is 294 g/mol. The Hall–Kier alpha value is -1.58. The van der Waals surface area contributed by atoms with Gasteiger partial charge in [0.05, 0.1) is 16.0 Å². The summed E-state index contributed by atoms with van der Waals surface area (Å²) in [5.41, 5.74) is 7.22. The number of benzene rings is 1. The second-order valence-electron chi connectivity index (χ2n) is 4.19. The molecule has 0 fully saturated rings. The molecule has 0 radical (unpaired) electrons. The van der Waals surface area contributed by atoms with Gasteiger partial charge in [0.2, 0.25) is 5.91 Å². The lowest BCUT2D eigenvalue weighted by Gasteiger charge is -2.14. The molecule has 0 saturated carbocycles. The summed E-state index contributed by atoms with van der Waals surface area (Å²) in [5, 5.41) is 0.960. The molecule has 1 aromatic carbocycles. The van der Waals surface area contributed by atoms with Gasteiger partial charge in [-0.3, -0.25) is 9.78 Å². The molecular formula is C14H12Cl2N2O. The number of hydrogen-bond donors (Lipinski definition) is 1. The van der Waals surface area contributed by atoms with Crippen molar-refractivity contribution in [3.63, 3.8) is 0 Å². The van der Waals surface area contributed by atoms with Gasteiger partial charge in [-0.2, -0.15) is 0 Å². The van der Waals surface area contributed by atoms with Crippen molar-refractivity contribution in [3.05, 3.63) is 63.9 Å². The lowest BCUT2D eigenvalue weighted by molar-refractivity contribution is -0.119. The Kier molecular flexibility index (Phi) is 4.40. The highest BCUT2D eigenvalue weighted by Gasteiger charge is 2.18. The minimum absolute atomic E-state index is 0.378. The Bertz CT molecular complexity index is 587. The van der Waals surface area contributed by atoms with Crippen molar-refractivity contribution in [1.29, 1.82) is 0 Å². The standard InChI is InChI=1S/C14H12Cl2N2O/c15-12-2-1-9(8-13(12)16)7-11(14(17)19)10-3-5-18-6-4-10/h1-6,8,11H,7H2,(H2,17,19). The van der Waals surface area contributed by atoms with Crippen LogP contribution in [0.5, 0.6) is 0 Å². The molecule has 5 heteroatoms. The zero-order chi connectivity index (χ0) is 13.8. The average Bonchev–Trinajstić information content (AvgIpc) is 2.40. The van der Waals surface area contributed by atoms with E-state index in [4.69, 9.17) is 28.9 Å². The van der Waals surface area contributed by atoms with Crippen LogP contribution in [0.4, 0.5) is 0 Å². The van der Waals surface area contributed by atoms with Crippen LogP contribution in [0.2, 0.25) is 10.0 Å². The van der Waals surface area contributed by atoms with Crippen LogP contribution in [0.1, 0.15) is 17.0 Å². The number of aromatic nitrogens is 1. The Morgan fingerprint density at radius 2 is 1.84 bits per heavy atom. The number of carbonyl (C=O) groups is 1. The third-order valence-electron chi connectivity index (χ3n) is 2.88. The van der Waals surface area contributed by atoms with Gasteiger partial charge in [-0.05, 0) is 41.8 Å². The minimum Gasteiger partial charge on any atom is -0.369 e. The normalized spacial score (nSPS) is 12.1. The lowest BCUT2D eigenvalue weighted by Crippen LogP contribution is -2.23. The van der Waals surface area contributed by atoms with Gasteiger partial charge in [-0.15, -0.1) is 0 Å². The van der Waals surface area contributed by atoms with Crippen molar-refractivity contribution >= 4 is 29.1 Å². The fraction of sp³-hybridized carbons (Fsp3) is 0.143. The number of primary amides is 1. The molecule has 19 heavy (non-hydrogen) atoms. The Balaban J connectivity index is 2.27. The van der Waals surface area contributed by atoms with Crippen LogP contribution in [0.3, 0.4) is 0 Å². The van der Waals surface area contributed by atoms with Crippen molar-refractivity contribution in [1.82, 2.24) is 4.98 Å². The van der Waals surface area contributed by atoms with E-state index >= 15 is 0 Å². The SMILES string of the molecule is NC(=O)C(Cc1ccc(Cl)c(Cl)c1)c1ccncc1. The molecule has 0 saturated heterocycles. The number of nitrogens with two attached hydrogens (primary N) is 1. The first-order valence-corrected chi connectivity index (χ1v) is 6.46. The quantitative estimate of drug-likeness (QED) is 0.941. The van der Waals surface area contributed by atoms with Crippen LogP contribution in [0.25, 0.3) is 0 Å². The molecule has 1 amide bonds. The Labute approximate surface area is 121 Å². The van der Waals surface area contributed by atoms with Crippen LogP contribution in [0.15, 0.2) is 42.7 Å². The summed E-state index contributed by atoms with van der Waals surface area (Å²) in [6.45, 7) is 0. The zero-order valence-corrected chi connectivity index (χ0v) is 11.5. The van der Waals surface area contributed by atoms with E-state index in [9.17, 15) is 4.79 Å². The minimum atomic E-state index is -0.403. The molecule has 0 aliphatic carbocycles. The van der Waals surface area contributed by atoms with Crippen LogP contribution < -0.4 is 5.73 Å². The number of amides is 1. The molecule has 2 N–H and O–H groups in total. The van der Waals surface area contributed by atoms with Crippen LogP contribution >= 0.6 is 23.2 Å². The molecule has 0 bridgehead atoms. The molecule has 1 heterocycles. The second kappa shape index (κ2) is 6.04. The lowest BCUT2D eigenvalue weighted by atomic mass is 9.92. The van der Waals surface area contributed by atoms with Gasteiger partial charge in [0.25, 0.3) is 0 Å². The topological polar surface area (TPSA) is 56.0 Å². The first kappa shape index (κ1) is 13.8. The van der Waals surface area contributed by atoms with Gasteiger partial charge >= 0.3 is 0 Å². The van der Waals surface area contributed by atoms with E-state index in [1.807, 2.05) is 6.07 Å². The van der Waals surface area contributed by atoms with E-state index < -0.39 is 5.92 Å². The molecule has 98 valence electrons. The number of halogens is 2. The van der Waals surface area contributed by atoms with Gasteiger partial charge < -0.3 is 5.73 Å². The summed E-state index contributed by atoms with van der Waals surface area (Å²) >= 11 is 11.8. The summed E-state index contributed by atoms with van der Waals surface area (Å²) in [4.78, 5) is 15.5. The highest BCUT2D eigenvalue weighted by Crippen LogP contribution is 2.26. The molecule has 2 rings (SSSR count). The molecular weight excluding hydrogens is 283 g/mol. The summed E-state index contributed by atoms with van der Waals surface area (Å²) in [6, 6.07) is 8.87.